The fourth-order valence-corrected chi connectivity index (χ4v) is 4.70. The number of carbonyl (C=O) groups excluding carboxylic acids is 2. The summed E-state index contributed by atoms with van der Waals surface area (Å²) in [6.45, 7) is 2.12. The lowest BCUT2D eigenvalue weighted by Crippen LogP contribution is -2.33. The maximum atomic E-state index is 13.5. The third kappa shape index (κ3) is 4.92. The fraction of sp³-hybridized carbons (Fsp3) is 0.138. The number of hydrogen-bond donors (Lipinski definition) is 0. The highest BCUT2D eigenvalue weighted by Crippen LogP contribution is 2.17. The van der Waals surface area contributed by atoms with Crippen molar-refractivity contribution < 1.29 is 14.3 Å². The number of aromatic nitrogens is 3. The number of ether oxygens (including phenoxy) is 1. The van der Waals surface area contributed by atoms with Gasteiger partial charge in [-0.05, 0) is 65.2 Å². The summed E-state index contributed by atoms with van der Waals surface area (Å²) in [4.78, 5) is 49.2. The molecule has 2 aromatic carbocycles. The molecule has 0 N–H and O–H groups in total. The van der Waals surface area contributed by atoms with E-state index < -0.39 is 11.9 Å². The maximum Gasteiger partial charge on any atom is 0.341 e. The molecule has 3 aromatic heterocycles. The molecule has 0 unspecified atom stereocenters. The first-order valence-corrected chi connectivity index (χ1v) is 12.9. The largest absolute Gasteiger partial charge is 0.462 e. The Hall–Kier alpha value is -4.37. The lowest BCUT2D eigenvalue weighted by Gasteiger charge is -2.15. The predicted octanol–water partition coefficient (Wildman–Crippen LogP) is 4.57. The van der Waals surface area contributed by atoms with E-state index in [0.717, 1.165) is 5.56 Å². The molecule has 9 heteroatoms. The minimum Gasteiger partial charge on any atom is -0.462 e. The van der Waals surface area contributed by atoms with Crippen molar-refractivity contribution in [2.24, 2.45) is 4.99 Å². The van der Waals surface area contributed by atoms with Gasteiger partial charge in [0.05, 0.1) is 17.6 Å². The third-order valence-electron chi connectivity index (χ3n) is 6.06. The molecule has 0 aliphatic carbocycles. The molecule has 5 aromatic rings. The fourth-order valence-electron chi connectivity index (χ4n) is 4.25. The SMILES string of the molecule is CCOC(=O)c1cc2c(=O)n3ccccc3nc2n(CCc2ccccc2)c1=NC(=O)c1ccccc1Br. The van der Waals surface area contributed by atoms with Crippen LogP contribution < -0.4 is 11.0 Å². The van der Waals surface area contributed by atoms with Crippen molar-refractivity contribution >= 4 is 44.5 Å². The van der Waals surface area contributed by atoms with Crippen LogP contribution in [-0.2, 0) is 17.7 Å². The molecule has 0 spiro atoms. The van der Waals surface area contributed by atoms with Crippen LogP contribution in [0.3, 0.4) is 0 Å². The number of halogens is 1. The van der Waals surface area contributed by atoms with Gasteiger partial charge in [0.2, 0.25) is 0 Å². The number of hydrogen-bond acceptors (Lipinski definition) is 5. The third-order valence-corrected chi connectivity index (χ3v) is 6.76. The number of nitrogens with zero attached hydrogens (tertiary/aromatic N) is 4. The number of benzene rings is 2. The second-order valence-electron chi connectivity index (χ2n) is 8.47. The summed E-state index contributed by atoms with van der Waals surface area (Å²) in [6, 6.07) is 23.4. The summed E-state index contributed by atoms with van der Waals surface area (Å²) >= 11 is 3.40. The predicted molar refractivity (Wildman–Crippen MR) is 147 cm³/mol. The highest BCUT2D eigenvalue weighted by atomic mass is 79.9. The normalized spacial score (nSPS) is 11.7. The lowest BCUT2D eigenvalue weighted by molar-refractivity contribution is 0.0523. The van der Waals surface area contributed by atoms with Crippen LogP contribution in [0.15, 0.2) is 99.3 Å². The van der Waals surface area contributed by atoms with Crippen LogP contribution in [0.1, 0.15) is 33.2 Å². The number of carbonyl (C=O) groups is 2. The van der Waals surface area contributed by atoms with Crippen molar-refractivity contribution in [2.45, 2.75) is 19.9 Å². The molecule has 3 heterocycles. The van der Waals surface area contributed by atoms with Gasteiger partial charge >= 0.3 is 5.97 Å². The quantitative estimate of drug-likeness (QED) is 0.220. The van der Waals surface area contributed by atoms with Gasteiger partial charge in [-0.3, -0.25) is 14.0 Å². The van der Waals surface area contributed by atoms with Gasteiger partial charge in [0, 0.05) is 17.2 Å². The van der Waals surface area contributed by atoms with E-state index in [1.54, 1.807) is 60.2 Å². The number of esters is 1. The summed E-state index contributed by atoms with van der Waals surface area (Å²) in [7, 11) is 0. The minimum absolute atomic E-state index is 0.0163. The van der Waals surface area contributed by atoms with Gasteiger partial charge in [0.1, 0.15) is 16.9 Å². The van der Waals surface area contributed by atoms with E-state index in [1.165, 1.54) is 10.5 Å². The summed E-state index contributed by atoms with van der Waals surface area (Å²) < 4.78 is 8.97. The van der Waals surface area contributed by atoms with Crippen molar-refractivity contribution in [2.75, 3.05) is 6.61 Å². The van der Waals surface area contributed by atoms with Crippen molar-refractivity contribution in [1.82, 2.24) is 14.0 Å². The molecule has 1 amide bonds. The van der Waals surface area contributed by atoms with E-state index in [9.17, 15) is 14.4 Å². The lowest BCUT2D eigenvalue weighted by atomic mass is 10.1. The molecular formula is C29H23BrN4O4. The molecule has 190 valence electrons. The zero-order valence-electron chi connectivity index (χ0n) is 20.5. The minimum atomic E-state index is -0.681. The molecule has 0 saturated carbocycles. The molecule has 0 bridgehead atoms. The molecule has 8 nitrogen and oxygen atoms in total. The van der Waals surface area contributed by atoms with Crippen LogP contribution in [0, 0.1) is 0 Å². The smallest absolute Gasteiger partial charge is 0.341 e. The molecule has 38 heavy (non-hydrogen) atoms. The number of fused-ring (bicyclic) bond motifs is 2. The van der Waals surface area contributed by atoms with Crippen LogP contribution in [0.5, 0.6) is 0 Å². The van der Waals surface area contributed by atoms with E-state index in [1.807, 2.05) is 30.3 Å². The Bertz CT molecular complexity index is 1810. The molecule has 0 fully saturated rings. The van der Waals surface area contributed by atoms with Crippen molar-refractivity contribution in [1.29, 1.82) is 0 Å². The van der Waals surface area contributed by atoms with Gasteiger partial charge in [0.25, 0.3) is 11.5 Å². The monoisotopic (exact) mass is 570 g/mol. The standard InChI is InChI=1S/C29H23BrN4O4/c1-2-38-29(37)22-18-21-25(31-24-14-8-9-16-33(24)28(21)36)34(17-15-19-10-4-3-5-11-19)26(22)32-27(35)20-12-6-7-13-23(20)30/h3-14,16,18H,2,15,17H2,1H3. The van der Waals surface area contributed by atoms with E-state index in [2.05, 4.69) is 20.9 Å². The topological polar surface area (TPSA) is 95.0 Å². The first-order chi connectivity index (χ1) is 18.5. The van der Waals surface area contributed by atoms with E-state index in [-0.39, 0.29) is 28.6 Å². The molecule has 5 rings (SSSR count). The van der Waals surface area contributed by atoms with Gasteiger partial charge in [-0.15, -0.1) is 0 Å². The second-order valence-corrected chi connectivity index (χ2v) is 9.32. The molecule has 0 atom stereocenters. The number of pyridine rings is 2. The molecule has 0 radical (unpaired) electrons. The average Bonchev–Trinajstić information content (AvgIpc) is 2.93. The van der Waals surface area contributed by atoms with Gasteiger partial charge in [0.15, 0.2) is 5.49 Å². The Balaban J connectivity index is 1.85. The van der Waals surface area contributed by atoms with Gasteiger partial charge in [-0.25, -0.2) is 9.78 Å². The number of aryl methyl sites for hydroxylation is 2. The van der Waals surface area contributed by atoms with Crippen molar-refractivity contribution in [3.63, 3.8) is 0 Å². The number of amides is 1. The maximum absolute atomic E-state index is 13.5. The van der Waals surface area contributed by atoms with Crippen LogP contribution in [0.25, 0.3) is 16.7 Å². The van der Waals surface area contributed by atoms with E-state index in [4.69, 9.17) is 9.72 Å². The Morgan fingerprint density at radius 1 is 0.974 bits per heavy atom. The Labute approximate surface area is 226 Å². The Morgan fingerprint density at radius 2 is 1.71 bits per heavy atom. The molecule has 0 saturated heterocycles. The second kappa shape index (κ2) is 10.9. The van der Waals surface area contributed by atoms with Crippen LogP contribution in [0.2, 0.25) is 0 Å². The Morgan fingerprint density at radius 3 is 2.47 bits per heavy atom. The summed E-state index contributed by atoms with van der Waals surface area (Å²) in [5, 5.41) is 0.220. The zero-order valence-corrected chi connectivity index (χ0v) is 22.1. The van der Waals surface area contributed by atoms with E-state index >= 15 is 0 Å². The van der Waals surface area contributed by atoms with Crippen LogP contribution in [-0.4, -0.2) is 32.4 Å². The van der Waals surface area contributed by atoms with Crippen LogP contribution in [0.4, 0.5) is 0 Å². The molecule has 0 aliphatic heterocycles. The van der Waals surface area contributed by atoms with E-state index in [0.29, 0.717) is 34.3 Å². The van der Waals surface area contributed by atoms with Crippen molar-refractivity contribution in [3.05, 3.63) is 122 Å². The van der Waals surface area contributed by atoms with Gasteiger partial charge in [-0.2, -0.15) is 4.99 Å². The Kier molecular flexibility index (Phi) is 7.28. The zero-order chi connectivity index (χ0) is 26.6. The van der Waals surface area contributed by atoms with Crippen molar-refractivity contribution in [3.8, 4) is 0 Å². The first kappa shape index (κ1) is 25.3. The summed E-state index contributed by atoms with van der Waals surface area (Å²) in [6.07, 6.45) is 2.17. The highest BCUT2D eigenvalue weighted by molar-refractivity contribution is 9.10. The first-order valence-electron chi connectivity index (χ1n) is 12.1. The summed E-state index contributed by atoms with van der Waals surface area (Å²) in [5.41, 5.74) is 1.89. The van der Waals surface area contributed by atoms with Crippen LogP contribution >= 0.6 is 15.9 Å². The number of rotatable bonds is 6. The average molecular weight is 571 g/mol. The molecule has 0 aliphatic rings. The van der Waals surface area contributed by atoms with Gasteiger partial charge in [-0.1, -0.05) is 48.5 Å². The highest BCUT2D eigenvalue weighted by Gasteiger charge is 2.20. The van der Waals surface area contributed by atoms with Gasteiger partial charge < -0.3 is 9.30 Å². The summed E-state index contributed by atoms with van der Waals surface area (Å²) in [5.74, 6) is -1.23. The molecular weight excluding hydrogens is 548 g/mol.